The van der Waals surface area contributed by atoms with E-state index < -0.39 is 10.0 Å². The van der Waals surface area contributed by atoms with Gasteiger partial charge in [-0.15, -0.1) is 12.4 Å². The van der Waals surface area contributed by atoms with Crippen LogP contribution < -0.4 is 0 Å². The zero-order chi connectivity index (χ0) is 22.0. The predicted molar refractivity (Wildman–Crippen MR) is 131 cm³/mol. The van der Waals surface area contributed by atoms with E-state index in [9.17, 15) is 8.42 Å². The molecule has 0 fully saturated rings. The molecule has 0 radical (unpaired) electrons. The summed E-state index contributed by atoms with van der Waals surface area (Å²) in [6, 6.07) is 16.5. The summed E-state index contributed by atoms with van der Waals surface area (Å²) in [5, 5.41) is 0.695. The lowest BCUT2D eigenvalue weighted by atomic mass is 10.1. The van der Waals surface area contributed by atoms with Crippen LogP contribution in [-0.2, 0) is 29.5 Å². The third-order valence-corrected chi connectivity index (χ3v) is 7.32. The molecule has 0 unspecified atom stereocenters. The van der Waals surface area contributed by atoms with Gasteiger partial charge < -0.3 is 9.32 Å². The van der Waals surface area contributed by atoms with Crippen LogP contribution in [0.15, 0.2) is 63.9 Å². The van der Waals surface area contributed by atoms with Crippen LogP contribution >= 0.6 is 24.0 Å². The van der Waals surface area contributed by atoms with Crippen molar-refractivity contribution in [3.05, 3.63) is 87.8 Å². The van der Waals surface area contributed by atoms with Gasteiger partial charge in [-0.25, -0.2) is 8.42 Å². The van der Waals surface area contributed by atoms with Crippen molar-refractivity contribution in [3.8, 4) is 0 Å². The minimum atomic E-state index is -3.56. The lowest BCUT2D eigenvalue weighted by molar-refractivity contribution is 0.325. The molecule has 3 aromatic rings. The number of benzene rings is 2. The van der Waals surface area contributed by atoms with E-state index in [2.05, 4.69) is 0 Å². The third-order valence-electron chi connectivity index (χ3n) is 5.21. The second kappa shape index (κ2) is 10.2. The maximum atomic E-state index is 13.2. The average Bonchev–Trinajstić information content (AvgIpc) is 3.14. The Bertz CT molecular complexity index is 1180. The summed E-state index contributed by atoms with van der Waals surface area (Å²) >= 11 is 5.91. The molecule has 170 valence electrons. The topological polar surface area (TPSA) is 53.8 Å². The summed E-state index contributed by atoms with van der Waals surface area (Å²) in [5.41, 5.74) is 2.91. The lowest BCUT2D eigenvalue weighted by Gasteiger charge is -2.25. The van der Waals surface area contributed by atoms with Gasteiger partial charge in [-0.3, -0.25) is 0 Å². The number of fused-ring (bicyclic) bond motifs is 1. The molecule has 0 N–H and O–H groups in total. The Morgan fingerprint density at radius 3 is 2.22 bits per heavy atom. The van der Waals surface area contributed by atoms with Crippen LogP contribution in [0, 0.1) is 0 Å². The van der Waals surface area contributed by atoms with Gasteiger partial charge in [0.05, 0.1) is 11.4 Å². The Hall–Kier alpha value is -2.09. The highest BCUT2D eigenvalue weighted by molar-refractivity contribution is 7.89. The van der Waals surface area contributed by atoms with Gasteiger partial charge in [0.15, 0.2) is 0 Å². The highest BCUT2D eigenvalue weighted by Crippen LogP contribution is 2.28. The van der Waals surface area contributed by atoms with Gasteiger partial charge in [-0.05, 0) is 55.6 Å². The molecule has 1 aliphatic heterocycles. The van der Waals surface area contributed by atoms with Crippen molar-refractivity contribution in [3.63, 3.8) is 0 Å². The Balaban J connectivity index is 0.00000289. The van der Waals surface area contributed by atoms with Gasteiger partial charge in [-0.1, -0.05) is 48.0 Å². The van der Waals surface area contributed by atoms with E-state index in [4.69, 9.17) is 16.0 Å². The summed E-state index contributed by atoms with van der Waals surface area (Å²) in [4.78, 5) is 2.33. The quantitative estimate of drug-likeness (QED) is 0.436. The molecule has 0 amide bonds. The van der Waals surface area contributed by atoms with E-state index in [0.717, 1.165) is 28.2 Å². The van der Waals surface area contributed by atoms with Gasteiger partial charge in [0.1, 0.15) is 11.5 Å². The molecule has 8 heteroatoms. The van der Waals surface area contributed by atoms with Crippen molar-refractivity contribution in [2.45, 2.75) is 24.4 Å². The van der Waals surface area contributed by atoms with Crippen LogP contribution in [0.1, 0.15) is 28.2 Å². The molecule has 5 nitrogen and oxygen atoms in total. The Labute approximate surface area is 200 Å². The summed E-state index contributed by atoms with van der Waals surface area (Å²) in [7, 11) is 0.393. The molecule has 0 saturated carbocycles. The average molecular weight is 493 g/mol. The zero-order valence-corrected chi connectivity index (χ0v) is 20.4. The zero-order valence-electron chi connectivity index (χ0n) is 18.0. The van der Waals surface area contributed by atoms with Crippen molar-refractivity contribution in [2.24, 2.45) is 0 Å². The molecule has 2 aromatic carbocycles. The van der Waals surface area contributed by atoms with Crippen LogP contribution in [0.3, 0.4) is 0 Å². The van der Waals surface area contributed by atoms with Crippen molar-refractivity contribution < 1.29 is 12.8 Å². The fourth-order valence-corrected chi connectivity index (χ4v) is 5.17. The molecule has 4 rings (SSSR count). The van der Waals surface area contributed by atoms with E-state index >= 15 is 0 Å². The van der Waals surface area contributed by atoms with Crippen LogP contribution in [-0.4, -0.2) is 38.3 Å². The molecular formula is C24H26Cl2N2O3S. The number of hydrogen-bond acceptors (Lipinski definition) is 4. The van der Waals surface area contributed by atoms with Crippen LogP contribution in [0.2, 0.25) is 5.02 Å². The molecule has 0 bridgehead atoms. The highest BCUT2D eigenvalue weighted by Gasteiger charge is 2.30. The first-order valence-electron chi connectivity index (χ1n) is 10.1. The Kier molecular flexibility index (Phi) is 7.85. The summed E-state index contributed by atoms with van der Waals surface area (Å²) in [6.45, 7) is 1.46. The molecule has 0 saturated heterocycles. The van der Waals surface area contributed by atoms with Gasteiger partial charge in [0.2, 0.25) is 10.0 Å². The first kappa shape index (κ1) is 24.6. The van der Waals surface area contributed by atoms with Gasteiger partial charge in [0, 0.05) is 30.1 Å². The van der Waals surface area contributed by atoms with Crippen LogP contribution in [0.25, 0.3) is 12.2 Å². The Morgan fingerprint density at radius 1 is 1.03 bits per heavy atom. The molecule has 0 atom stereocenters. The lowest BCUT2D eigenvalue weighted by Crippen LogP contribution is -2.35. The van der Waals surface area contributed by atoms with Gasteiger partial charge >= 0.3 is 0 Å². The number of furan rings is 1. The smallest absolute Gasteiger partial charge is 0.243 e. The van der Waals surface area contributed by atoms with E-state index in [1.807, 2.05) is 73.6 Å². The van der Waals surface area contributed by atoms with Crippen molar-refractivity contribution in [1.82, 2.24) is 9.21 Å². The largest absolute Gasteiger partial charge is 0.464 e. The number of hydrogen-bond donors (Lipinski definition) is 0. The number of nitrogens with zero attached hydrogens (tertiary/aromatic N) is 2. The van der Waals surface area contributed by atoms with E-state index in [-0.39, 0.29) is 12.4 Å². The number of sulfonamides is 1. The molecule has 32 heavy (non-hydrogen) atoms. The predicted octanol–water partition coefficient (Wildman–Crippen LogP) is 5.33. The van der Waals surface area contributed by atoms with E-state index in [1.54, 1.807) is 12.1 Å². The first-order valence-corrected chi connectivity index (χ1v) is 11.9. The molecule has 1 aliphatic rings. The van der Waals surface area contributed by atoms with Gasteiger partial charge in [0.25, 0.3) is 0 Å². The number of halogens is 2. The van der Waals surface area contributed by atoms with E-state index in [0.29, 0.717) is 36.0 Å². The maximum Gasteiger partial charge on any atom is 0.243 e. The number of rotatable bonds is 6. The molecule has 1 aromatic heterocycles. The van der Waals surface area contributed by atoms with Crippen LogP contribution in [0.4, 0.5) is 0 Å². The summed E-state index contributed by atoms with van der Waals surface area (Å²) in [6.07, 6.45) is 4.50. The normalized spacial score (nSPS) is 14.5. The van der Waals surface area contributed by atoms with Crippen molar-refractivity contribution in [1.29, 1.82) is 0 Å². The van der Waals surface area contributed by atoms with Crippen molar-refractivity contribution in [2.75, 3.05) is 20.6 Å². The monoisotopic (exact) mass is 492 g/mol. The maximum absolute atomic E-state index is 13.2. The SMILES string of the molecule is CN(C)Cc1cc2c(o1)CCN(S(=O)(=O)c1ccc(/C=C\c3ccc(Cl)cc3)cc1)C2.Cl. The second-order valence-electron chi connectivity index (χ2n) is 7.94. The first-order chi connectivity index (χ1) is 14.8. The summed E-state index contributed by atoms with van der Waals surface area (Å²) < 4.78 is 33.7. The third kappa shape index (κ3) is 5.63. The fourth-order valence-electron chi connectivity index (χ4n) is 3.63. The second-order valence-corrected chi connectivity index (χ2v) is 10.3. The van der Waals surface area contributed by atoms with Crippen LogP contribution in [0.5, 0.6) is 0 Å². The summed E-state index contributed by atoms with van der Waals surface area (Å²) in [5.74, 6) is 1.76. The molecule has 0 spiro atoms. The minimum absolute atomic E-state index is 0. The van der Waals surface area contributed by atoms with Crippen molar-refractivity contribution >= 4 is 46.2 Å². The minimum Gasteiger partial charge on any atom is -0.464 e. The standard InChI is InChI=1S/C24H25ClN2O3S.ClH/c1-26(2)17-22-15-20-16-27(14-13-24(20)30-22)31(28,29)23-11-7-19(8-12-23)4-3-18-5-9-21(25)10-6-18;/h3-12,15H,13-14,16-17H2,1-2H3;1H/b4-3-;. The highest BCUT2D eigenvalue weighted by atomic mass is 35.5. The Morgan fingerprint density at radius 2 is 1.62 bits per heavy atom. The molecule has 0 aliphatic carbocycles. The van der Waals surface area contributed by atoms with E-state index in [1.165, 1.54) is 4.31 Å². The fraction of sp³-hybridized carbons (Fsp3) is 0.250. The molecule has 2 heterocycles. The molecular weight excluding hydrogens is 467 g/mol. The van der Waals surface area contributed by atoms with Gasteiger partial charge in [-0.2, -0.15) is 4.31 Å².